The third-order valence-corrected chi connectivity index (χ3v) is 6.06. The molecular weight excluding hydrogens is 316 g/mol. The first kappa shape index (κ1) is 17.9. The van der Waals surface area contributed by atoms with Gasteiger partial charge in [0.05, 0.1) is 17.0 Å². The highest BCUT2D eigenvalue weighted by molar-refractivity contribution is 7.89. The topological polar surface area (TPSA) is 66.9 Å². The number of carbonyl (C=O) groups excluding carboxylic acids is 1. The highest BCUT2D eigenvalue weighted by Crippen LogP contribution is 2.29. The van der Waals surface area contributed by atoms with Crippen LogP contribution in [-0.4, -0.2) is 56.0 Å². The summed E-state index contributed by atoms with van der Waals surface area (Å²) in [6.45, 7) is 7.85. The van der Waals surface area contributed by atoms with Crippen molar-refractivity contribution >= 4 is 15.9 Å². The van der Waals surface area contributed by atoms with Crippen molar-refractivity contribution in [2.24, 2.45) is 0 Å². The van der Waals surface area contributed by atoms with Crippen molar-refractivity contribution in [1.29, 1.82) is 0 Å². The minimum Gasteiger partial charge on any atom is -0.356 e. The summed E-state index contributed by atoms with van der Waals surface area (Å²) in [5, 5.41) is 0. The summed E-state index contributed by atoms with van der Waals surface area (Å²) in [5.74, 6) is -0.227. The maximum absolute atomic E-state index is 12.9. The zero-order chi connectivity index (χ0) is 17.6. The second-order valence-corrected chi connectivity index (χ2v) is 8.79. The molecule has 0 aliphatic carbocycles. The van der Waals surface area contributed by atoms with E-state index in [2.05, 4.69) is 0 Å². The Kier molecular flexibility index (Phi) is 4.58. The molecule has 0 saturated carbocycles. The van der Waals surface area contributed by atoms with Gasteiger partial charge in [0.1, 0.15) is 6.23 Å². The molecule has 0 N–H and O–H groups in total. The second-order valence-electron chi connectivity index (χ2n) is 6.67. The number of aryl methyl sites for hydroxylation is 1. The lowest BCUT2D eigenvalue weighted by Crippen LogP contribution is -2.47. The smallest absolute Gasteiger partial charge is 0.256 e. The van der Waals surface area contributed by atoms with Crippen molar-refractivity contribution in [3.63, 3.8) is 0 Å². The summed E-state index contributed by atoms with van der Waals surface area (Å²) in [6, 6.07) is 4.78. The van der Waals surface area contributed by atoms with Gasteiger partial charge in [0, 0.05) is 19.7 Å². The number of amides is 1. The molecule has 1 aromatic rings. The molecule has 1 saturated heterocycles. The van der Waals surface area contributed by atoms with Crippen LogP contribution in [0.15, 0.2) is 23.1 Å². The first-order chi connectivity index (χ1) is 10.5. The third-order valence-electron chi connectivity index (χ3n) is 4.11. The van der Waals surface area contributed by atoms with E-state index in [1.807, 2.05) is 20.8 Å². The van der Waals surface area contributed by atoms with E-state index in [9.17, 15) is 13.2 Å². The van der Waals surface area contributed by atoms with Gasteiger partial charge >= 0.3 is 0 Å². The maximum atomic E-state index is 12.9. The fourth-order valence-electron chi connectivity index (χ4n) is 2.75. The molecule has 128 valence electrons. The van der Waals surface area contributed by atoms with Crippen molar-refractivity contribution in [2.75, 3.05) is 20.7 Å². The van der Waals surface area contributed by atoms with Crippen LogP contribution in [0.1, 0.15) is 36.7 Å². The number of carbonyl (C=O) groups is 1. The quantitative estimate of drug-likeness (QED) is 0.842. The molecule has 1 heterocycles. The molecule has 1 aliphatic rings. The molecular formula is C16H24N2O4S. The zero-order valence-corrected chi connectivity index (χ0v) is 15.3. The number of hydrogen-bond acceptors (Lipinski definition) is 4. The van der Waals surface area contributed by atoms with Gasteiger partial charge in [-0.2, -0.15) is 0 Å². The Morgan fingerprint density at radius 1 is 1.35 bits per heavy atom. The molecule has 0 radical (unpaired) electrons. The van der Waals surface area contributed by atoms with E-state index in [4.69, 9.17) is 4.74 Å². The number of nitrogens with zero attached hydrogens (tertiary/aromatic N) is 2. The lowest BCUT2D eigenvalue weighted by atomic mass is 10.0. The van der Waals surface area contributed by atoms with E-state index in [1.165, 1.54) is 20.2 Å². The number of ether oxygens (including phenoxy) is 1. The van der Waals surface area contributed by atoms with Crippen LogP contribution >= 0.6 is 0 Å². The van der Waals surface area contributed by atoms with Gasteiger partial charge < -0.3 is 9.64 Å². The average Bonchev–Trinajstić information content (AvgIpc) is 2.71. The first-order valence-corrected chi connectivity index (χ1v) is 8.91. The lowest BCUT2D eigenvalue weighted by molar-refractivity contribution is 0.0307. The van der Waals surface area contributed by atoms with Crippen LogP contribution in [-0.2, 0) is 14.8 Å². The van der Waals surface area contributed by atoms with Gasteiger partial charge in [-0.1, -0.05) is 6.07 Å². The number of sulfonamides is 1. The molecule has 1 aliphatic heterocycles. The van der Waals surface area contributed by atoms with E-state index >= 15 is 0 Å². The Hall–Kier alpha value is -1.44. The monoisotopic (exact) mass is 340 g/mol. The summed E-state index contributed by atoms with van der Waals surface area (Å²) in [7, 11) is -0.648. The highest BCUT2D eigenvalue weighted by atomic mass is 32.2. The fourth-order valence-corrected chi connectivity index (χ4v) is 3.89. The minimum atomic E-state index is -3.60. The van der Waals surface area contributed by atoms with Crippen LogP contribution in [0.3, 0.4) is 0 Å². The van der Waals surface area contributed by atoms with Gasteiger partial charge in [0.2, 0.25) is 10.0 Å². The predicted molar refractivity (Wildman–Crippen MR) is 87.7 cm³/mol. The lowest BCUT2D eigenvalue weighted by Gasteiger charge is -2.32. The van der Waals surface area contributed by atoms with Crippen molar-refractivity contribution in [3.8, 4) is 0 Å². The minimum absolute atomic E-state index is 0.152. The van der Waals surface area contributed by atoms with Gasteiger partial charge in [0.25, 0.3) is 5.91 Å². The summed E-state index contributed by atoms with van der Waals surface area (Å²) in [6.07, 6.45) is -0.340. The SMILES string of the molecule is Cc1ccc(C(=O)N2C(C)OCC2(C)C)cc1S(=O)(=O)N(C)C. The van der Waals surface area contributed by atoms with E-state index < -0.39 is 15.6 Å². The Balaban J connectivity index is 2.48. The van der Waals surface area contributed by atoms with Gasteiger partial charge in [-0.05, 0) is 45.4 Å². The zero-order valence-electron chi connectivity index (χ0n) is 14.5. The van der Waals surface area contributed by atoms with E-state index in [0.29, 0.717) is 17.7 Å². The molecule has 2 rings (SSSR count). The largest absolute Gasteiger partial charge is 0.356 e. The molecule has 1 aromatic carbocycles. The molecule has 0 spiro atoms. The van der Waals surface area contributed by atoms with Crippen molar-refractivity contribution in [2.45, 2.75) is 44.4 Å². The molecule has 1 unspecified atom stereocenters. The number of benzene rings is 1. The second kappa shape index (κ2) is 5.89. The summed E-state index contributed by atoms with van der Waals surface area (Å²) < 4.78 is 31.5. The molecule has 1 amide bonds. The van der Waals surface area contributed by atoms with Crippen LogP contribution in [0.2, 0.25) is 0 Å². The van der Waals surface area contributed by atoms with Crippen LogP contribution < -0.4 is 0 Å². The predicted octanol–water partition coefficient (Wildman–Crippen LogP) is 1.84. The van der Waals surface area contributed by atoms with Crippen molar-refractivity contribution in [3.05, 3.63) is 29.3 Å². The van der Waals surface area contributed by atoms with Crippen molar-refractivity contribution < 1.29 is 17.9 Å². The van der Waals surface area contributed by atoms with Gasteiger partial charge in [-0.25, -0.2) is 12.7 Å². The summed E-state index contributed by atoms with van der Waals surface area (Å²) in [5.41, 5.74) is 0.531. The Morgan fingerprint density at radius 2 is 1.96 bits per heavy atom. The summed E-state index contributed by atoms with van der Waals surface area (Å²) in [4.78, 5) is 14.7. The van der Waals surface area contributed by atoms with E-state index in [-0.39, 0.29) is 17.0 Å². The Labute approximate surface area is 138 Å². The molecule has 23 heavy (non-hydrogen) atoms. The van der Waals surface area contributed by atoms with Crippen LogP contribution in [0.4, 0.5) is 0 Å². The average molecular weight is 340 g/mol. The molecule has 7 heteroatoms. The van der Waals surface area contributed by atoms with Gasteiger partial charge in [0.15, 0.2) is 0 Å². The number of rotatable bonds is 3. The highest BCUT2D eigenvalue weighted by Gasteiger charge is 2.42. The third kappa shape index (κ3) is 3.13. The fraction of sp³-hybridized carbons (Fsp3) is 0.562. The summed E-state index contributed by atoms with van der Waals surface area (Å²) >= 11 is 0. The van der Waals surface area contributed by atoms with Crippen LogP contribution in [0.5, 0.6) is 0 Å². The molecule has 0 aromatic heterocycles. The Bertz CT molecular complexity index is 726. The standard InChI is InChI=1S/C16H24N2O4S/c1-11-7-8-13(9-14(11)23(20,21)17(5)6)15(19)18-12(2)22-10-16(18,3)4/h7-9,12H,10H2,1-6H3. The molecule has 1 atom stereocenters. The van der Waals surface area contributed by atoms with Gasteiger partial charge in [-0.15, -0.1) is 0 Å². The first-order valence-electron chi connectivity index (χ1n) is 7.47. The normalized spacial score (nSPS) is 21.0. The molecule has 1 fully saturated rings. The van der Waals surface area contributed by atoms with Crippen LogP contribution in [0, 0.1) is 6.92 Å². The maximum Gasteiger partial charge on any atom is 0.256 e. The van der Waals surface area contributed by atoms with Crippen LogP contribution in [0.25, 0.3) is 0 Å². The molecule has 6 nitrogen and oxygen atoms in total. The van der Waals surface area contributed by atoms with E-state index in [0.717, 1.165) is 4.31 Å². The Morgan fingerprint density at radius 3 is 2.43 bits per heavy atom. The van der Waals surface area contributed by atoms with Gasteiger partial charge in [-0.3, -0.25) is 4.79 Å². The van der Waals surface area contributed by atoms with E-state index in [1.54, 1.807) is 24.0 Å². The molecule has 0 bridgehead atoms. The van der Waals surface area contributed by atoms with Crippen molar-refractivity contribution in [1.82, 2.24) is 9.21 Å². The number of hydrogen-bond donors (Lipinski definition) is 0.